The number of aromatic amines is 1. The Bertz CT molecular complexity index is 3850. The fourth-order valence-corrected chi connectivity index (χ4v) is 10.6. The maximum Gasteiger partial charge on any atom is 0.348 e. The van der Waals surface area contributed by atoms with Crippen LogP contribution in [0, 0.1) is 6.92 Å². The van der Waals surface area contributed by atoms with Gasteiger partial charge in [-0.05, 0) is 78.2 Å². The molecule has 7 rings (SSSR count). The Labute approximate surface area is 399 Å². The first kappa shape index (κ1) is 50.6. The molecule has 1 aromatic heterocycles. The van der Waals surface area contributed by atoms with Gasteiger partial charge in [-0.1, -0.05) is 42.5 Å². The van der Waals surface area contributed by atoms with Crippen molar-refractivity contribution in [3.63, 3.8) is 0 Å². The van der Waals surface area contributed by atoms with Crippen LogP contribution in [-0.2, 0) is 70.0 Å². The molecule has 4 N–H and O–H groups in total. The summed E-state index contributed by atoms with van der Waals surface area (Å²) >= 11 is 0. The largest absolute Gasteiger partial charge is 0.351 e. The molecule has 70 heavy (non-hydrogen) atoms. The quantitative estimate of drug-likeness (QED) is 0.0637. The molecule has 0 aliphatic heterocycles. The molecule has 27 heteroatoms. The van der Waals surface area contributed by atoms with Gasteiger partial charge in [0.2, 0.25) is 0 Å². The molecule has 23 nitrogen and oxygen atoms in total. The molecule has 0 saturated heterocycles. The number of hydrogen-bond donors (Lipinski definition) is 3. The van der Waals surface area contributed by atoms with Crippen molar-refractivity contribution in [2.24, 2.45) is 26.2 Å². The molecule has 0 aliphatic carbocycles. The summed E-state index contributed by atoms with van der Waals surface area (Å²) in [6.07, 6.45) is 0.123. The number of anilines is 1. The van der Waals surface area contributed by atoms with Crippen molar-refractivity contribution in [2.45, 2.75) is 39.3 Å². The molecular weight excluding hydrogens is 995 g/mol. The van der Waals surface area contributed by atoms with Gasteiger partial charge in [-0.3, -0.25) is 21.7 Å². The monoisotopic (exact) mass is 1030 g/mol. The average molecular weight is 1030 g/mol. The number of fused-ring (bicyclic) bond motifs is 2. The lowest BCUT2D eigenvalue weighted by atomic mass is 10.1. The molecule has 0 fully saturated rings. The number of benzene rings is 6. The van der Waals surface area contributed by atoms with Crippen molar-refractivity contribution in [1.29, 1.82) is 0 Å². The van der Waals surface area contributed by atoms with Crippen molar-refractivity contribution < 1.29 is 55.2 Å². The van der Waals surface area contributed by atoms with Gasteiger partial charge in [-0.25, -0.2) is 14.6 Å². The van der Waals surface area contributed by atoms with E-state index in [1.54, 1.807) is 31.2 Å². The molecule has 7 aromatic rings. The number of azo groups is 2. The van der Waals surface area contributed by atoms with Crippen LogP contribution in [0.2, 0.25) is 0 Å². The number of nitrogens with two attached hydrogens (primary N) is 1. The second-order valence-corrected chi connectivity index (χ2v) is 21.5. The number of aromatic nitrogens is 3. The number of rotatable bonds is 17. The summed E-state index contributed by atoms with van der Waals surface area (Å²) in [6, 6.07) is 21.7. The third-order valence-corrected chi connectivity index (χ3v) is 15.7. The molecule has 0 atom stereocenters. The van der Waals surface area contributed by atoms with Gasteiger partial charge in [-0.2, -0.15) is 54.0 Å². The summed E-state index contributed by atoms with van der Waals surface area (Å²) in [5.74, 6) is 0.359. The third kappa shape index (κ3) is 11.0. The Morgan fingerprint density at radius 2 is 1.04 bits per heavy atom. The number of hydrogen-bond acceptors (Lipinski definition) is 20. The van der Waals surface area contributed by atoms with Crippen LogP contribution in [0.25, 0.3) is 21.5 Å². The summed E-state index contributed by atoms with van der Waals surface area (Å²) in [5.41, 5.74) is 6.97. The lowest BCUT2D eigenvalue weighted by Gasteiger charge is -2.11. The molecule has 1 heterocycles. The molecule has 6 aromatic carbocycles. The van der Waals surface area contributed by atoms with Crippen LogP contribution in [0.4, 0.5) is 33.2 Å². The minimum absolute atomic E-state index is 0.00336. The lowest BCUT2D eigenvalue weighted by molar-refractivity contribution is 0.259. The van der Waals surface area contributed by atoms with Crippen LogP contribution in [0.3, 0.4) is 0 Å². The van der Waals surface area contributed by atoms with Crippen LogP contribution in [0.5, 0.6) is 0 Å². The molecule has 0 radical (unpaired) electrons. The third-order valence-electron chi connectivity index (χ3n) is 10.4. The highest BCUT2D eigenvalue weighted by molar-refractivity contribution is 7.88. The lowest BCUT2D eigenvalue weighted by Crippen LogP contribution is -2.20. The van der Waals surface area contributed by atoms with Gasteiger partial charge in [0.05, 0.1) is 51.2 Å². The molecule has 0 bridgehead atoms. The summed E-state index contributed by atoms with van der Waals surface area (Å²) < 4.78 is 122. The van der Waals surface area contributed by atoms with E-state index in [4.69, 9.17) is 18.3 Å². The number of primary amides is 1. The van der Waals surface area contributed by atoms with E-state index in [-0.39, 0.29) is 83.5 Å². The van der Waals surface area contributed by atoms with Gasteiger partial charge < -0.3 is 11.1 Å². The highest BCUT2D eigenvalue weighted by Crippen LogP contribution is 2.38. The topological polar surface area (TPSA) is 337 Å². The Morgan fingerprint density at radius 1 is 0.571 bits per heavy atom. The number of aryl methyl sites for hydroxylation is 1. The maximum absolute atomic E-state index is 13.0. The average Bonchev–Trinajstić information content (AvgIpc) is 3.32. The van der Waals surface area contributed by atoms with Crippen LogP contribution in [-0.4, -0.2) is 83.1 Å². The van der Waals surface area contributed by atoms with E-state index in [1.165, 1.54) is 66.7 Å². The molecule has 2 amide bonds. The first-order chi connectivity index (χ1) is 33.1. The van der Waals surface area contributed by atoms with E-state index in [2.05, 4.69) is 44.9 Å². The fraction of sp³-hybridized carbons (Fsp3) is 0.163. The molecule has 0 saturated carbocycles. The predicted octanol–water partition coefficient (Wildman–Crippen LogP) is 6.62. The number of urea groups is 1. The predicted molar refractivity (Wildman–Crippen MR) is 252 cm³/mol. The van der Waals surface area contributed by atoms with Crippen LogP contribution in [0.1, 0.15) is 28.3 Å². The zero-order valence-electron chi connectivity index (χ0n) is 37.3. The molecule has 0 spiro atoms. The SMILES string of the molecule is COS(=O)(=O)c1cc(N=Nc2ccc(Cc3nc(Cc4ccc(N=Nc5cc(S(=O)(=O)OC)c6cccc(S(=O)(=O)OC)c6c5)c(NC(N)=O)c4)nc(=O)[nH]3)cc2C)cc2c(S(=O)(=O)OC)cccc12. The van der Waals surface area contributed by atoms with Gasteiger partial charge in [0.1, 0.15) is 36.9 Å². The van der Waals surface area contributed by atoms with Crippen LogP contribution < -0.4 is 16.7 Å². The second-order valence-electron chi connectivity index (χ2n) is 14.8. The number of carbonyl (C=O) groups is 1. The number of H-pyrrole nitrogens is 1. The highest BCUT2D eigenvalue weighted by atomic mass is 32.2. The maximum atomic E-state index is 13.0. The van der Waals surface area contributed by atoms with Crippen molar-refractivity contribution in [3.05, 3.63) is 136 Å². The van der Waals surface area contributed by atoms with E-state index >= 15 is 0 Å². The smallest absolute Gasteiger partial charge is 0.348 e. The van der Waals surface area contributed by atoms with Crippen LogP contribution >= 0.6 is 0 Å². The number of amides is 2. The van der Waals surface area contributed by atoms with Gasteiger partial charge >= 0.3 is 11.7 Å². The van der Waals surface area contributed by atoms with E-state index in [1.807, 2.05) is 0 Å². The first-order valence-electron chi connectivity index (χ1n) is 20.0. The Kier molecular flexibility index (Phi) is 14.5. The minimum atomic E-state index is -4.40. The summed E-state index contributed by atoms with van der Waals surface area (Å²) in [6.45, 7) is 1.74. The van der Waals surface area contributed by atoms with Crippen molar-refractivity contribution in [2.75, 3.05) is 33.8 Å². The molecular formula is C43H39N9O14S4. The molecule has 0 unspecified atom stereocenters. The van der Waals surface area contributed by atoms with E-state index in [9.17, 15) is 43.3 Å². The second kappa shape index (κ2) is 20.0. The zero-order valence-corrected chi connectivity index (χ0v) is 40.5. The molecule has 364 valence electrons. The molecule has 0 aliphatic rings. The van der Waals surface area contributed by atoms with E-state index in [0.717, 1.165) is 34.5 Å². The van der Waals surface area contributed by atoms with Gasteiger partial charge in [0, 0.05) is 34.4 Å². The summed E-state index contributed by atoms with van der Waals surface area (Å²) in [4.78, 5) is 34.7. The standard InChI is InChI=1S/C43H39N9O14S4/c1-24-16-25(12-14-33(24)51-49-27-20-31-29(38(22-27)69(59,60)65-4)8-6-10-36(31)67(55,56)63-2)18-40-46-41(48-43(54)47-40)19-26-13-15-34(35(17-26)45-42(44)53)52-50-28-21-32-30(39(23-28)70(61,62)66-5)9-7-11-37(32)68(57,58)64-3/h6-17,20-23H,18-19H2,1-5H3,(H3,44,45,53)(H,46,47,48,54). The first-order valence-corrected chi connectivity index (χ1v) is 25.7. The fourth-order valence-electron chi connectivity index (χ4n) is 7.14. The highest BCUT2D eigenvalue weighted by Gasteiger charge is 2.26. The number of carbonyl (C=O) groups excluding carboxylic acids is 1. The minimum Gasteiger partial charge on any atom is -0.351 e. The zero-order chi connectivity index (χ0) is 50.8. The Hall–Kier alpha value is -7.24. The van der Waals surface area contributed by atoms with Crippen molar-refractivity contribution in [1.82, 2.24) is 15.0 Å². The Morgan fingerprint density at radius 3 is 1.53 bits per heavy atom. The van der Waals surface area contributed by atoms with E-state index < -0.39 is 57.1 Å². The van der Waals surface area contributed by atoms with Gasteiger partial charge in [0.15, 0.2) is 0 Å². The van der Waals surface area contributed by atoms with Gasteiger partial charge in [-0.15, -0.1) is 5.11 Å². The summed E-state index contributed by atoms with van der Waals surface area (Å²) in [5, 5.41) is 19.4. The van der Waals surface area contributed by atoms with Crippen molar-refractivity contribution in [3.8, 4) is 0 Å². The summed E-state index contributed by atoms with van der Waals surface area (Å²) in [7, 11) is -13.5. The number of nitrogens with one attached hydrogen (secondary N) is 2. The Balaban J connectivity index is 1.14. The van der Waals surface area contributed by atoms with Crippen molar-refractivity contribution >= 4 is 96.5 Å². The van der Waals surface area contributed by atoms with Crippen LogP contribution in [0.15, 0.2) is 142 Å². The number of nitrogens with zero attached hydrogens (tertiary/aromatic N) is 6. The van der Waals surface area contributed by atoms with Gasteiger partial charge in [0.25, 0.3) is 40.5 Å². The van der Waals surface area contributed by atoms with E-state index in [0.29, 0.717) is 22.4 Å². The normalized spacial score (nSPS) is 12.6.